The Bertz CT molecular complexity index is 1680. The van der Waals surface area contributed by atoms with Crippen LogP contribution in [-0.2, 0) is 42.9 Å². The van der Waals surface area contributed by atoms with Crippen molar-refractivity contribution in [2.24, 2.45) is 0 Å². The molecule has 14 nitrogen and oxygen atoms in total. The van der Waals surface area contributed by atoms with Gasteiger partial charge in [0.2, 0.25) is 12.4 Å². The van der Waals surface area contributed by atoms with Crippen molar-refractivity contribution in [3.63, 3.8) is 0 Å². The van der Waals surface area contributed by atoms with Gasteiger partial charge in [-0.25, -0.2) is 0 Å². The predicted molar refractivity (Wildman–Crippen MR) is 151 cm³/mol. The quantitative estimate of drug-likeness (QED) is 0.264. The SMILES string of the molecule is CC(=O)OC[C@@H]1O[C@H](Oc2ccc3c(=O)c(-c4ccc5c(c4)OCCO5)coc3c2)[C@H](OC(C)=O)[C@@H](OC(C)=O)[C@@H]1OC(C)=O. The van der Waals surface area contributed by atoms with Gasteiger partial charge in [0.25, 0.3) is 0 Å². The van der Waals surface area contributed by atoms with E-state index >= 15 is 0 Å². The molecule has 14 heteroatoms. The molecule has 3 aromatic rings. The molecule has 1 saturated heterocycles. The number of rotatable bonds is 8. The number of fused-ring (bicyclic) bond motifs is 2. The van der Waals surface area contributed by atoms with Crippen LogP contribution in [0.25, 0.3) is 22.1 Å². The number of hydrogen-bond acceptors (Lipinski definition) is 14. The van der Waals surface area contributed by atoms with Crippen molar-refractivity contribution in [1.29, 1.82) is 0 Å². The smallest absolute Gasteiger partial charge is 0.303 e. The molecule has 0 aliphatic carbocycles. The Kier molecular flexibility index (Phi) is 9.23. The largest absolute Gasteiger partial charge is 0.486 e. The van der Waals surface area contributed by atoms with Gasteiger partial charge in [-0.2, -0.15) is 0 Å². The highest BCUT2D eigenvalue weighted by molar-refractivity contribution is 5.83. The average Bonchev–Trinajstić information content (AvgIpc) is 2.98. The first-order valence-electron chi connectivity index (χ1n) is 13.9. The molecule has 0 radical (unpaired) electrons. The topological polar surface area (TPSA) is 172 Å². The molecule has 5 atom stereocenters. The molecule has 0 bridgehead atoms. The monoisotopic (exact) mass is 626 g/mol. The van der Waals surface area contributed by atoms with E-state index in [0.717, 1.165) is 20.8 Å². The van der Waals surface area contributed by atoms with Crippen LogP contribution in [0.3, 0.4) is 0 Å². The van der Waals surface area contributed by atoms with Gasteiger partial charge in [0.05, 0.1) is 10.9 Å². The van der Waals surface area contributed by atoms with E-state index < -0.39 is 61.2 Å². The summed E-state index contributed by atoms with van der Waals surface area (Å²) in [7, 11) is 0. The van der Waals surface area contributed by atoms with E-state index in [1.165, 1.54) is 31.4 Å². The summed E-state index contributed by atoms with van der Waals surface area (Å²) in [5.74, 6) is -1.73. The molecule has 2 aromatic carbocycles. The average molecular weight is 627 g/mol. The van der Waals surface area contributed by atoms with Crippen molar-refractivity contribution in [3.05, 3.63) is 52.9 Å². The third kappa shape index (κ3) is 7.17. The van der Waals surface area contributed by atoms with Crippen LogP contribution in [0.15, 0.2) is 51.9 Å². The van der Waals surface area contributed by atoms with Crippen molar-refractivity contribution in [1.82, 2.24) is 0 Å². The second kappa shape index (κ2) is 13.3. The summed E-state index contributed by atoms with van der Waals surface area (Å²) >= 11 is 0. The van der Waals surface area contributed by atoms with Crippen molar-refractivity contribution < 1.29 is 61.5 Å². The third-order valence-corrected chi connectivity index (χ3v) is 6.80. The Morgan fingerprint density at radius 3 is 2.13 bits per heavy atom. The number of hydrogen-bond donors (Lipinski definition) is 0. The lowest BCUT2D eigenvalue weighted by Crippen LogP contribution is -2.63. The van der Waals surface area contributed by atoms with Crippen molar-refractivity contribution in [2.45, 2.75) is 58.4 Å². The molecule has 3 heterocycles. The van der Waals surface area contributed by atoms with Gasteiger partial charge in [0.15, 0.2) is 29.1 Å². The van der Waals surface area contributed by atoms with Gasteiger partial charge in [0.1, 0.15) is 43.5 Å². The molecule has 238 valence electrons. The van der Waals surface area contributed by atoms with E-state index in [1.54, 1.807) is 18.2 Å². The fourth-order valence-corrected chi connectivity index (χ4v) is 5.01. The van der Waals surface area contributed by atoms with E-state index in [2.05, 4.69) is 0 Å². The second-order valence-electron chi connectivity index (χ2n) is 10.2. The van der Waals surface area contributed by atoms with Crippen LogP contribution in [0.5, 0.6) is 17.2 Å². The summed E-state index contributed by atoms with van der Waals surface area (Å²) in [5, 5.41) is 0.247. The van der Waals surface area contributed by atoms with Crippen LogP contribution in [0, 0.1) is 0 Å². The minimum atomic E-state index is -1.45. The number of carbonyl (C=O) groups excluding carboxylic acids is 4. The fraction of sp³-hybridized carbons (Fsp3) is 0.387. The summed E-state index contributed by atoms with van der Waals surface area (Å²) < 4.78 is 50.3. The first-order chi connectivity index (χ1) is 21.5. The molecule has 2 aliphatic heterocycles. The molecule has 5 rings (SSSR count). The van der Waals surface area contributed by atoms with Gasteiger partial charge in [-0.3, -0.25) is 24.0 Å². The Morgan fingerprint density at radius 2 is 1.44 bits per heavy atom. The molecule has 0 saturated carbocycles. The van der Waals surface area contributed by atoms with E-state index in [9.17, 15) is 24.0 Å². The summed E-state index contributed by atoms with van der Waals surface area (Å²) in [6.45, 7) is 4.96. The minimum Gasteiger partial charge on any atom is -0.486 e. The van der Waals surface area contributed by atoms with Gasteiger partial charge in [-0.1, -0.05) is 6.07 Å². The van der Waals surface area contributed by atoms with Gasteiger partial charge in [-0.15, -0.1) is 0 Å². The van der Waals surface area contributed by atoms with Crippen LogP contribution >= 0.6 is 0 Å². The molecule has 0 spiro atoms. The maximum atomic E-state index is 13.4. The first-order valence-corrected chi connectivity index (χ1v) is 13.9. The summed E-state index contributed by atoms with van der Waals surface area (Å²) in [6, 6.07) is 9.54. The maximum absolute atomic E-state index is 13.4. The van der Waals surface area contributed by atoms with Crippen LogP contribution < -0.4 is 19.6 Å². The van der Waals surface area contributed by atoms with Gasteiger partial charge < -0.3 is 42.3 Å². The molecule has 0 N–H and O–H groups in total. The number of esters is 4. The molecule has 0 amide bonds. The van der Waals surface area contributed by atoms with Crippen LogP contribution in [-0.4, -0.2) is 74.4 Å². The lowest BCUT2D eigenvalue weighted by Gasteiger charge is -2.43. The second-order valence-corrected chi connectivity index (χ2v) is 10.2. The molecule has 1 aromatic heterocycles. The highest BCUT2D eigenvalue weighted by Gasteiger charge is 2.53. The van der Waals surface area contributed by atoms with E-state index in [0.29, 0.717) is 35.8 Å². The predicted octanol–water partition coefficient (Wildman–Crippen LogP) is 2.69. The standard InChI is InChI=1S/C31H30O14/c1-15(32)39-14-26-28(41-16(2)33)29(42-17(3)34)30(43-18(4)35)31(45-26)44-20-6-7-21-24(12-20)40-13-22(27(21)36)19-5-8-23-25(11-19)38-10-9-37-23/h5-8,11-13,26,28-31H,9-10,14H2,1-4H3/t26-,28+,29-,30+,31-/m0/s1. The van der Waals surface area contributed by atoms with Crippen molar-refractivity contribution in [3.8, 4) is 28.4 Å². The fourth-order valence-electron chi connectivity index (χ4n) is 5.01. The Morgan fingerprint density at radius 1 is 0.778 bits per heavy atom. The van der Waals surface area contributed by atoms with Gasteiger partial charge in [0, 0.05) is 33.8 Å². The molecule has 0 unspecified atom stereocenters. The minimum absolute atomic E-state index is 0.124. The Balaban J connectivity index is 1.47. The highest BCUT2D eigenvalue weighted by atomic mass is 16.7. The van der Waals surface area contributed by atoms with E-state index in [1.807, 2.05) is 0 Å². The Labute approximate surface area is 256 Å². The number of ether oxygens (including phenoxy) is 8. The van der Waals surface area contributed by atoms with E-state index in [-0.39, 0.29) is 22.1 Å². The van der Waals surface area contributed by atoms with Crippen molar-refractivity contribution >= 4 is 34.8 Å². The zero-order valence-electron chi connectivity index (χ0n) is 24.8. The van der Waals surface area contributed by atoms with Crippen LogP contribution in [0.1, 0.15) is 27.7 Å². The summed E-state index contributed by atoms with van der Waals surface area (Å²) in [5.41, 5.74) is 0.733. The maximum Gasteiger partial charge on any atom is 0.303 e. The van der Waals surface area contributed by atoms with E-state index in [4.69, 9.17) is 42.3 Å². The molecular formula is C31H30O14. The molecule has 1 fully saturated rings. The molecule has 45 heavy (non-hydrogen) atoms. The summed E-state index contributed by atoms with van der Waals surface area (Å²) in [6.07, 6.45) is -5.49. The number of carbonyl (C=O) groups is 4. The van der Waals surface area contributed by atoms with Gasteiger partial charge >= 0.3 is 23.9 Å². The zero-order valence-corrected chi connectivity index (χ0v) is 24.8. The lowest BCUT2D eigenvalue weighted by atomic mass is 9.98. The third-order valence-electron chi connectivity index (χ3n) is 6.80. The van der Waals surface area contributed by atoms with Gasteiger partial charge in [-0.05, 0) is 29.8 Å². The van der Waals surface area contributed by atoms with Crippen LogP contribution in [0.2, 0.25) is 0 Å². The normalized spacial score (nSPS) is 22.2. The zero-order chi connectivity index (χ0) is 32.2. The summed E-state index contributed by atoms with van der Waals surface area (Å²) in [4.78, 5) is 61.1. The Hall–Kier alpha value is -5.11. The molecular weight excluding hydrogens is 596 g/mol. The number of benzene rings is 2. The van der Waals surface area contributed by atoms with Crippen molar-refractivity contribution in [2.75, 3.05) is 19.8 Å². The highest BCUT2D eigenvalue weighted by Crippen LogP contribution is 2.35. The first kappa shape index (κ1) is 31.3. The molecule has 2 aliphatic rings. The lowest BCUT2D eigenvalue weighted by molar-refractivity contribution is -0.288. The van der Waals surface area contributed by atoms with Crippen LogP contribution in [0.4, 0.5) is 0 Å².